The first kappa shape index (κ1) is 23.2. The molecule has 0 unspecified atom stereocenters. The summed E-state index contributed by atoms with van der Waals surface area (Å²) in [6, 6.07) is 11.5. The Hall–Kier alpha value is -3.07. The van der Waals surface area contributed by atoms with Crippen molar-refractivity contribution in [1.82, 2.24) is 5.32 Å². The van der Waals surface area contributed by atoms with Crippen molar-refractivity contribution in [2.45, 2.75) is 13.3 Å². The summed E-state index contributed by atoms with van der Waals surface area (Å²) in [7, 11) is 1.41. The Kier molecular flexibility index (Phi) is 9.14. The Morgan fingerprint density at radius 1 is 0.967 bits per heavy atom. The van der Waals surface area contributed by atoms with Crippen molar-refractivity contribution in [3.8, 4) is 11.5 Å². The topological polar surface area (TPSA) is 103 Å². The Morgan fingerprint density at radius 3 is 2.37 bits per heavy atom. The van der Waals surface area contributed by atoms with Gasteiger partial charge < -0.3 is 24.8 Å². The van der Waals surface area contributed by atoms with Crippen LogP contribution in [0.4, 0.5) is 5.69 Å². The number of esters is 1. The third-order valence-electron chi connectivity index (χ3n) is 3.79. The summed E-state index contributed by atoms with van der Waals surface area (Å²) in [5.41, 5.74) is 0.835. The van der Waals surface area contributed by atoms with Crippen LogP contribution in [0, 0.1) is 0 Å². The van der Waals surface area contributed by atoms with E-state index in [-0.39, 0.29) is 36.3 Å². The molecule has 0 saturated carbocycles. The van der Waals surface area contributed by atoms with Gasteiger partial charge in [0.25, 0.3) is 11.8 Å². The summed E-state index contributed by atoms with van der Waals surface area (Å²) in [6.45, 7) is 1.84. The fourth-order valence-corrected chi connectivity index (χ4v) is 2.58. The lowest BCUT2D eigenvalue weighted by atomic mass is 10.2. The van der Waals surface area contributed by atoms with Gasteiger partial charge in [0.2, 0.25) is 0 Å². The van der Waals surface area contributed by atoms with Gasteiger partial charge in [-0.3, -0.25) is 9.59 Å². The van der Waals surface area contributed by atoms with E-state index in [1.165, 1.54) is 25.3 Å². The number of ether oxygens (including phenoxy) is 3. The molecule has 2 rings (SSSR count). The monoisotopic (exact) mass is 478 g/mol. The Labute approximate surface area is 183 Å². The van der Waals surface area contributed by atoms with E-state index in [0.29, 0.717) is 18.0 Å². The van der Waals surface area contributed by atoms with Gasteiger partial charge in [0.1, 0.15) is 0 Å². The molecule has 30 heavy (non-hydrogen) atoms. The molecular formula is C21H23BrN2O6. The van der Waals surface area contributed by atoms with Crippen molar-refractivity contribution in [1.29, 1.82) is 0 Å². The third-order valence-corrected chi connectivity index (χ3v) is 4.32. The van der Waals surface area contributed by atoms with E-state index in [2.05, 4.69) is 26.6 Å². The Morgan fingerprint density at radius 2 is 1.70 bits per heavy atom. The lowest BCUT2D eigenvalue weighted by molar-refractivity contribution is -0.124. The molecular weight excluding hydrogens is 456 g/mol. The van der Waals surface area contributed by atoms with Gasteiger partial charge in [-0.1, -0.05) is 22.9 Å². The summed E-state index contributed by atoms with van der Waals surface area (Å²) in [5, 5.41) is 5.33. The molecule has 0 aliphatic rings. The van der Waals surface area contributed by atoms with E-state index < -0.39 is 5.97 Å². The van der Waals surface area contributed by atoms with E-state index in [9.17, 15) is 14.4 Å². The van der Waals surface area contributed by atoms with Gasteiger partial charge in [-0.25, -0.2) is 4.79 Å². The number of halogens is 1. The first-order valence-electron chi connectivity index (χ1n) is 9.23. The maximum atomic E-state index is 12.1. The van der Waals surface area contributed by atoms with Gasteiger partial charge >= 0.3 is 5.97 Å². The molecule has 0 aromatic heterocycles. The molecule has 0 saturated heterocycles. The first-order valence-corrected chi connectivity index (χ1v) is 10.0. The average molecular weight is 479 g/mol. The van der Waals surface area contributed by atoms with Crippen LogP contribution in [-0.2, 0) is 14.3 Å². The Balaban J connectivity index is 1.91. The maximum Gasteiger partial charge on any atom is 0.338 e. The summed E-state index contributed by atoms with van der Waals surface area (Å²) in [6.07, 6.45) is 0.791. The van der Waals surface area contributed by atoms with Crippen molar-refractivity contribution in [2.75, 3.05) is 32.2 Å². The number of nitrogens with one attached hydrogen (secondary N) is 2. The lowest BCUT2D eigenvalue weighted by Crippen LogP contribution is -2.29. The lowest BCUT2D eigenvalue weighted by Gasteiger charge is -2.12. The van der Waals surface area contributed by atoms with Crippen LogP contribution in [0.3, 0.4) is 0 Å². The second kappa shape index (κ2) is 11.8. The number of carbonyl (C=O) groups excluding carboxylic acids is 3. The predicted molar refractivity (Wildman–Crippen MR) is 115 cm³/mol. The van der Waals surface area contributed by atoms with Crippen LogP contribution in [0.25, 0.3) is 0 Å². The zero-order valence-corrected chi connectivity index (χ0v) is 18.3. The molecule has 2 aromatic rings. The minimum absolute atomic E-state index is 0.196. The van der Waals surface area contributed by atoms with Crippen molar-refractivity contribution in [2.24, 2.45) is 0 Å². The smallest absolute Gasteiger partial charge is 0.338 e. The van der Waals surface area contributed by atoms with Crippen LogP contribution in [-0.4, -0.2) is 44.7 Å². The SMILES string of the molecule is CCCNC(=O)COC(=O)c1ccc(OCC(=O)Nc2ccc(Br)cc2)c(OC)c1. The fraction of sp³-hybridized carbons (Fsp3) is 0.286. The van der Waals surface area contributed by atoms with Gasteiger partial charge in [0.05, 0.1) is 12.7 Å². The van der Waals surface area contributed by atoms with Crippen LogP contribution in [0.2, 0.25) is 0 Å². The van der Waals surface area contributed by atoms with E-state index in [1.807, 2.05) is 19.1 Å². The van der Waals surface area contributed by atoms with E-state index in [1.54, 1.807) is 12.1 Å². The van der Waals surface area contributed by atoms with Gasteiger partial charge in [-0.05, 0) is 48.9 Å². The van der Waals surface area contributed by atoms with Crippen molar-refractivity contribution in [3.05, 3.63) is 52.5 Å². The normalized spacial score (nSPS) is 10.1. The van der Waals surface area contributed by atoms with Crippen LogP contribution in [0.1, 0.15) is 23.7 Å². The highest BCUT2D eigenvalue weighted by atomic mass is 79.9. The van der Waals surface area contributed by atoms with Gasteiger partial charge in [0.15, 0.2) is 24.7 Å². The Bertz CT molecular complexity index is 886. The minimum Gasteiger partial charge on any atom is -0.493 e. The number of hydrogen-bond acceptors (Lipinski definition) is 6. The largest absolute Gasteiger partial charge is 0.493 e. The predicted octanol–water partition coefficient (Wildman–Crippen LogP) is 3.16. The molecule has 0 fully saturated rings. The molecule has 2 amide bonds. The number of amides is 2. The highest BCUT2D eigenvalue weighted by Gasteiger charge is 2.15. The number of anilines is 1. The molecule has 2 aromatic carbocycles. The van der Waals surface area contributed by atoms with Crippen LogP contribution >= 0.6 is 15.9 Å². The molecule has 2 N–H and O–H groups in total. The molecule has 160 valence electrons. The molecule has 0 radical (unpaired) electrons. The molecule has 0 bridgehead atoms. The van der Waals surface area contributed by atoms with Crippen LogP contribution in [0.15, 0.2) is 46.9 Å². The second-order valence-electron chi connectivity index (χ2n) is 6.14. The maximum absolute atomic E-state index is 12.1. The molecule has 0 heterocycles. The standard InChI is InChI=1S/C21H23BrN2O6/c1-3-10-23-19(25)12-30-21(27)14-4-9-17(18(11-14)28-2)29-13-20(26)24-16-7-5-15(22)6-8-16/h4-9,11H,3,10,12-13H2,1-2H3,(H,23,25)(H,24,26). The second-order valence-corrected chi connectivity index (χ2v) is 7.05. The number of carbonyl (C=O) groups is 3. The molecule has 8 nitrogen and oxygen atoms in total. The summed E-state index contributed by atoms with van der Waals surface area (Å²) < 4.78 is 16.6. The molecule has 0 atom stereocenters. The zero-order valence-electron chi connectivity index (χ0n) is 16.7. The minimum atomic E-state index is -0.667. The van der Waals surface area contributed by atoms with E-state index in [4.69, 9.17) is 14.2 Å². The first-order chi connectivity index (χ1) is 14.4. The fourth-order valence-electron chi connectivity index (χ4n) is 2.32. The number of rotatable bonds is 10. The summed E-state index contributed by atoms with van der Waals surface area (Å²) >= 11 is 3.33. The molecule has 0 spiro atoms. The van der Waals surface area contributed by atoms with Crippen LogP contribution < -0.4 is 20.1 Å². The molecule has 0 aliphatic heterocycles. The molecule has 0 aliphatic carbocycles. The molecule has 9 heteroatoms. The van der Waals surface area contributed by atoms with Crippen molar-refractivity contribution >= 4 is 39.4 Å². The average Bonchev–Trinajstić information content (AvgIpc) is 2.76. The van der Waals surface area contributed by atoms with Crippen molar-refractivity contribution < 1.29 is 28.6 Å². The van der Waals surface area contributed by atoms with E-state index in [0.717, 1.165) is 10.9 Å². The third kappa shape index (κ3) is 7.40. The highest BCUT2D eigenvalue weighted by Crippen LogP contribution is 2.28. The van der Waals surface area contributed by atoms with Crippen molar-refractivity contribution in [3.63, 3.8) is 0 Å². The summed E-state index contributed by atoms with van der Waals surface area (Å²) in [5.74, 6) is -0.827. The number of methoxy groups -OCH3 is 1. The van der Waals surface area contributed by atoms with Gasteiger partial charge in [-0.2, -0.15) is 0 Å². The van der Waals surface area contributed by atoms with Gasteiger partial charge in [0, 0.05) is 16.7 Å². The number of benzene rings is 2. The quantitative estimate of drug-likeness (QED) is 0.508. The van der Waals surface area contributed by atoms with Crippen LogP contribution in [0.5, 0.6) is 11.5 Å². The highest BCUT2D eigenvalue weighted by molar-refractivity contribution is 9.10. The zero-order chi connectivity index (χ0) is 21.9. The number of hydrogen-bond donors (Lipinski definition) is 2. The summed E-state index contributed by atoms with van der Waals surface area (Å²) in [4.78, 5) is 35.7. The van der Waals surface area contributed by atoms with Gasteiger partial charge in [-0.15, -0.1) is 0 Å². The van der Waals surface area contributed by atoms with E-state index >= 15 is 0 Å².